The number of aromatic carboxylic acids is 1. The number of likely N-dealkylation sites (tertiary alicyclic amines) is 1. The van der Waals surface area contributed by atoms with Gasteiger partial charge < -0.3 is 25.6 Å². The Bertz CT molecular complexity index is 492. The van der Waals surface area contributed by atoms with Crippen LogP contribution in [-0.2, 0) is 0 Å². The molecule has 7 heteroatoms. The van der Waals surface area contributed by atoms with E-state index in [4.69, 9.17) is 5.11 Å². The average Bonchev–Trinajstić information content (AvgIpc) is 2.99. The van der Waals surface area contributed by atoms with Gasteiger partial charge in [-0.1, -0.05) is 0 Å². The second-order valence-corrected chi connectivity index (χ2v) is 4.98. The molecule has 0 spiro atoms. The van der Waals surface area contributed by atoms with Gasteiger partial charge in [-0.05, 0) is 38.9 Å². The molecule has 7 nitrogen and oxygen atoms in total. The highest BCUT2D eigenvalue weighted by Gasteiger charge is 2.15. The van der Waals surface area contributed by atoms with Crippen molar-refractivity contribution in [1.29, 1.82) is 0 Å². The normalized spacial score (nSPS) is 15.2. The quantitative estimate of drug-likeness (QED) is 0.652. The lowest BCUT2D eigenvalue weighted by Gasteiger charge is -2.14. The van der Waals surface area contributed by atoms with E-state index >= 15 is 0 Å². The number of nitrogens with one attached hydrogen (secondary N) is 3. The molecule has 0 bridgehead atoms. The Kier molecular flexibility index (Phi) is 4.62. The minimum absolute atomic E-state index is 0.00260. The first-order chi connectivity index (χ1) is 9.56. The van der Waals surface area contributed by atoms with Crippen molar-refractivity contribution in [3.63, 3.8) is 0 Å². The molecule has 4 N–H and O–H groups in total. The van der Waals surface area contributed by atoms with Gasteiger partial charge in [0, 0.05) is 18.8 Å². The first kappa shape index (κ1) is 14.4. The van der Waals surface area contributed by atoms with E-state index in [1.165, 1.54) is 12.8 Å². The summed E-state index contributed by atoms with van der Waals surface area (Å²) < 4.78 is 0. The summed E-state index contributed by atoms with van der Waals surface area (Å²) in [5, 5.41) is 14.3. The van der Waals surface area contributed by atoms with Crippen LogP contribution in [0.3, 0.4) is 0 Å². The number of hydrogen-bond donors (Lipinski definition) is 4. The van der Waals surface area contributed by atoms with Crippen LogP contribution in [-0.4, -0.2) is 53.2 Å². The Morgan fingerprint density at radius 3 is 2.75 bits per heavy atom. The summed E-state index contributed by atoms with van der Waals surface area (Å²) in [5.41, 5.74) is 0.973. The Morgan fingerprint density at radius 1 is 1.40 bits per heavy atom. The molecule has 2 heterocycles. The molecule has 0 aliphatic carbocycles. The van der Waals surface area contributed by atoms with Gasteiger partial charge in [-0.2, -0.15) is 0 Å². The lowest BCUT2D eigenvalue weighted by molar-refractivity contribution is 0.0692. The second-order valence-electron chi connectivity index (χ2n) is 4.98. The summed E-state index contributed by atoms with van der Waals surface area (Å²) in [4.78, 5) is 27.7. The molecule has 1 fully saturated rings. The molecule has 0 atom stereocenters. The summed E-state index contributed by atoms with van der Waals surface area (Å²) in [6, 6.07) is 1.22. The SMILES string of the molecule is Cc1cc(NC(=O)NCCN2CCCC2)c(C(=O)O)[nH]1. The minimum Gasteiger partial charge on any atom is -0.477 e. The van der Waals surface area contributed by atoms with Crippen molar-refractivity contribution in [3.05, 3.63) is 17.5 Å². The fourth-order valence-corrected chi connectivity index (χ4v) is 2.36. The van der Waals surface area contributed by atoms with Crippen molar-refractivity contribution in [2.45, 2.75) is 19.8 Å². The fourth-order valence-electron chi connectivity index (χ4n) is 2.36. The first-order valence-electron chi connectivity index (χ1n) is 6.76. The zero-order valence-electron chi connectivity index (χ0n) is 11.5. The number of rotatable bonds is 5. The van der Waals surface area contributed by atoms with E-state index in [1.807, 2.05) is 0 Å². The molecule has 2 amide bonds. The molecule has 1 aromatic rings. The summed E-state index contributed by atoms with van der Waals surface area (Å²) in [6.07, 6.45) is 2.44. The summed E-state index contributed by atoms with van der Waals surface area (Å²) in [6.45, 7) is 5.29. The van der Waals surface area contributed by atoms with Crippen LogP contribution >= 0.6 is 0 Å². The van der Waals surface area contributed by atoms with E-state index in [0.29, 0.717) is 12.2 Å². The van der Waals surface area contributed by atoms with Gasteiger partial charge in [0.2, 0.25) is 0 Å². The number of carbonyl (C=O) groups excluding carboxylic acids is 1. The number of aromatic amines is 1. The molecule has 1 aliphatic rings. The number of amides is 2. The molecule has 1 aromatic heterocycles. The van der Waals surface area contributed by atoms with Gasteiger partial charge in [-0.25, -0.2) is 9.59 Å². The highest BCUT2D eigenvalue weighted by atomic mass is 16.4. The molecule has 0 aromatic carbocycles. The third-order valence-electron chi connectivity index (χ3n) is 3.33. The number of H-pyrrole nitrogens is 1. The van der Waals surface area contributed by atoms with Crippen LogP contribution in [0.25, 0.3) is 0 Å². The largest absolute Gasteiger partial charge is 0.477 e. The predicted molar refractivity (Wildman–Crippen MR) is 75.2 cm³/mol. The molecule has 2 rings (SSSR count). The minimum atomic E-state index is -1.09. The van der Waals surface area contributed by atoms with Crippen molar-refractivity contribution in [2.24, 2.45) is 0 Å². The van der Waals surface area contributed by atoms with Crippen LogP contribution in [0.2, 0.25) is 0 Å². The summed E-state index contributed by atoms with van der Waals surface area (Å²) in [5.74, 6) is -1.09. The molecular formula is C13H20N4O3. The lowest BCUT2D eigenvalue weighted by atomic mass is 10.3. The molecule has 0 saturated carbocycles. The Balaban J connectivity index is 1.80. The summed E-state index contributed by atoms with van der Waals surface area (Å²) >= 11 is 0. The molecule has 1 saturated heterocycles. The highest BCUT2D eigenvalue weighted by molar-refractivity contribution is 5.99. The zero-order chi connectivity index (χ0) is 14.5. The maximum absolute atomic E-state index is 11.7. The van der Waals surface area contributed by atoms with E-state index in [-0.39, 0.29) is 17.4 Å². The van der Waals surface area contributed by atoms with Crippen molar-refractivity contribution in [1.82, 2.24) is 15.2 Å². The number of carboxylic acid groups (broad SMARTS) is 1. The van der Waals surface area contributed by atoms with E-state index in [1.54, 1.807) is 13.0 Å². The summed E-state index contributed by atoms with van der Waals surface area (Å²) in [7, 11) is 0. The van der Waals surface area contributed by atoms with Crippen LogP contribution in [0.1, 0.15) is 29.0 Å². The molecule has 0 radical (unpaired) electrons. The molecule has 110 valence electrons. The number of carbonyl (C=O) groups is 2. The number of aromatic nitrogens is 1. The van der Waals surface area contributed by atoms with Gasteiger partial charge in [0.05, 0.1) is 5.69 Å². The fraction of sp³-hybridized carbons (Fsp3) is 0.538. The lowest BCUT2D eigenvalue weighted by Crippen LogP contribution is -2.36. The van der Waals surface area contributed by atoms with Gasteiger partial charge >= 0.3 is 12.0 Å². The third-order valence-corrected chi connectivity index (χ3v) is 3.33. The standard InChI is InChI=1S/C13H20N4O3/c1-9-8-10(11(15-9)12(18)19)16-13(20)14-4-7-17-5-2-3-6-17/h8,15H,2-7H2,1H3,(H,18,19)(H2,14,16,20). The maximum atomic E-state index is 11.7. The average molecular weight is 280 g/mol. The third kappa shape index (κ3) is 3.74. The van der Waals surface area contributed by atoms with Crippen LogP contribution in [0, 0.1) is 6.92 Å². The van der Waals surface area contributed by atoms with Crippen LogP contribution in [0.4, 0.5) is 10.5 Å². The molecule has 0 unspecified atom stereocenters. The Labute approximate surface area is 117 Å². The van der Waals surface area contributed by atoms with Gasteiger partial charge in [-0.3, -0.25) is 0 Å². The van der Waals surface area contributed by atoms with E-state index in [2.05, 4.69) is 20.5 Å². The van der Waals surface area contributed by atoms with E-state index in [9.17, 15) is 9.59 Å². The number of hydrogen-bond acceptors (Lipinski definition) is 3. The monoisotopic (exact) mass is 280 g/mol. The van der Waals surface area contributed by atoms with Gasteiger partial charge in [0.15, 0.2) is 0 Å². The number of nitrogens with zero attached hydrogens (tertiary/aromatic N) is 1. The second kappa shape index (κ2) is 6.42. The number of anilines is 1. The van der Waals surface area contributed by atoms with E-state index < -0.39 is 5.97 Å². The van der Waals surface area contributed by atoms with Crippen molar-refractivity contribution >= 4 is 17.7 Å². The smallest absolute Gasteiger partial charge is 0.354 e. The predicted octanol–water partition coefficient (Wildman–Crippen LogP) is 1.24. The van der Waals surface area contributed by atoms with Crippen LogP contribution < -0.4 is 10.6 Å². The van der Waals surface area contributed by atoms with Gasteiger partial charge in [-0.15, -0.1) is 0 Å². The molecular weight excluding hydrogens is 260 g/mol. The Hall–Kier alpha value is -2.02. The topological polar surface area (TPSA) is 97.5 Å². The van der Waals surface area contributed by atoms with Gasteiger partial charge in [0.1, 0.15) is 5.69 Å². The molecule has 20 heavy (non-hydrogen) atoms. The van der Waals surface area contributed by atoms with E-state index in [0.717, 1.165) is 19.6 Å². The number of carboxylic acids is 1. The van der Waals surface area contributed by atoms with Crippen molar-refractivity contribution in [2.75, 3.05) is 31.5 Å². The highest BCUT2D eigenvalue weighted by Crippen LogP contribution is 2.16. The zero-order valence-corrected chi connectivity index (χ0v) is 11.5. The van der Waals surface area contributed by atoms with Crippen molar-refractivity contribution < 1.29 is 14.7 Å². The first-order valence-corrected chi connectivity index (χ1v) is 6.76. The van der Waals surface area contributed by atoms with Crippen LogP contribution in [0.15, 0.2) is 6.07 Å². The van der Waals surface area contributed by atoms with Gasteiger partial charge in [0.25, 0.3) is 0 Å². The Morgan fingerprint density at radius 2 is 2.10 bits per heavy atom. The van der Waals surface area contributed by atoms with Crippen molar-refractivity contribution in [3.8, 4) is 0 Å². The number of aryl methyl sites for hydroxylation is 1. The van der Waals surface area contributed by atoms with Crippen LogP contribution in [0.5, 0.6) is 0 Å². The number of urea groups is 1. The molecule has 1 aliphatic heterocycles. The maximum Gasteiger partial charge on any atom is 0.354 e.